The lowest BCUT2D eigenvalue weighted by atomic mass is 9.65. The number of hydrogen-bond donors (Lipinski definition) is 0. The molecule has 0 saturated heterocycles. The molecule has 0 aliphatic heterocycles. The zero-order valence-corrected chi connectivity index (χ0v) is 54.0. The lowest BCUT2D eigenvalue weighted by Crippen LogP contribution is -2.27. The minimum atomic E-state index is 0.160. The van der Waals surface area contributed by atoms with E-state index >= 15 is 0 Å². The van der Waals surface area contributed by atoms with Crippen molar-refractivity contribution in [1.82, 2.24) is 0 Å². The van der Waals surface area contributed by atoms with Gasteiger partial charge in [-0.05, 0) is 230 Å². The number of benzene rings is 11. The predicted octanol–water partition coefficient (Wildman–Crippen LogP) is 25.0. The monoisotopic (exact) mass is 1180 g/mol. The summed E-state index contributed by atoms with van der Waals surface area (Å²) in [6.45, 7) is 14.6. The number of anilines is 6. The number of allylic oxidation sites excluding steroid dienone is 4. The van der Waals surface area contributed by atoms with E-state index in [1.165, 1.54) is 81.3 Å². The van der Waals surface area contributed by atoms with E-state index in [0.717, 1.165) is 64.5 Å². The van der Waals surface area contributed by atoms with Crippen molar-refractivity contribution in [3.63, 3.8) is 0 Å². The van der Waals surface area contributed by atoms with Gasteiger partial charge in [-0.25, -0.2) is 0 Å². The Kier molecular flexibility index (Phi) is 18.1. The van der Waals surface area contributed by atoms with Gasteiger partial charge >= 0.3 is 0 Å². The fraction of sp³-hybridized carbons (Fsp3) is 0.213. The lowest BCUT2D eigenvalue weighted by Gasteiger charge is -2.39. The van der Waals surface area contributed by atoms with Crippen LogP contribution < -0.4 is 9.80 Å². The zero-order chi connectivity index (χ0) is 62.3. The number of nitrogens with zero attached hydrogens (tertiary/aromatic N) is 2. The third-order valence-corrected chi connectivity index (χ3v) is 20.3. The first-order valence-corrected chi connectivity index (χ1v) is 33.5. The van der Waals surface area contributed by atoms with Gasteiger partial charge in [0.2, 0.25) is 0 Å². The summed E-state index contributed by atoms with van der Waals surface area (Å²) < 4.78 is 0. The van der Waals surface area contributed by atoms with Crippen LogP contribution in [0.2, 0.25) is 0 Å². The van der Waals surface area contributed by atoms with Crippen molar-refractivity contribution in [1.29, 1.82) is 0 Å². The highest BCUT2D eigenvalue weighted by Gasteiger charge is 2.35. The van der Waals surface area contributed by atoms with Gasteiger partial charge in [-0.1, -0.05) is 272 Å². The number of hydrogen-bond acceptors (Lipinski definition) is 2. The molecule has 0 heterocycles. The van der Waals surface area contributed by atoms with Crippen LogP contribution in [0.3, 0.4) is 0 Å². The second-order valence-electron chi connectivity index (χ2n) is 26.5. The molecule has 3 unspecified atom stereocenters. The van der Waals surface area contributed by atoms with E-state index in [0.29, 0.717) is 29.6 Å². The van der Waals surface area contributed by atoms with Crippen LogP contribution in [-0.4, -0.2) is 0 Å². The molecule has 0 amide bonds. The maximum Gasteiger partial charge on any atom is 0.0462 e. The van der Waals surface area contributed by atoms with E-state index < -0.39 is 0 Å². The molecular weight excluding hydrogens is 1100 g/mol. The Morgan fingerprint density at radius 3 is 1.13 bits per heavy atom. The SMILES string of the molecule is CCc1ccc2c(c1)CCC1C=CC([C@@H](CC(c3ccc(-c4ccc(-c5ccc(N(c6ccccc6)c6ccc(-c7ccc(N(c8ccc(-c9ccccc9)cc8)c8ccc(-c9ccccc9)cc8)cc7)cc6)cc5)cc4)cc3)C(C)(C)CC)C(C)C)=CC1CC2. The Morgan fingerprint density at radius 1 is 0.385 bits per heavy atom. The fourth-order valence-corrected chi connectivity index (χ4v) is 14.4. The smallest absolute Gasteiger partial charge is 0.0462 e. The topological polar surface area (TPSA) is 6.48 Å². The molecule has 0 bridgehead atoms. The van der Waals surface area contributed by atoms with Gasteiger partial charge in [-0.2, -0.15) is 0 Å². The van der Waals surface area contributed by atoms with Crippen LogP contribution >= 0.6 is 0 Å². The summed E-state index contributed by atoms with van der Waals surface area (Å²) in [6.07, 6.45) is 16.2. The molecule has 0 aromatic heterocycles. The maximum absolute atomic E-state index is 2.73. The molecule has 11 aromatic carbocycles. The molecule has 0 N–H and O–H groups in total. The first-order valence-electron chi connectivity index (χ1n) is 33.5. The Bertz CT molecular complexity index is 4130. The fourth-order valence-electron chi connectivity index (χ4n) is 14.4. The van der Waals surface area contributed by atoms with E-state index in [1.54, 1.807) is 16.7 Å². The summed E-state index contributed by atoms with van der Waals surface area (Å²) >= 11 is 0. The molecule has 0 spiro atoms. The van der Waals surface area contributed by atoms with Gasteiger partial charge in [0.1, 0.15) is 0 Å². The van der Waals surface area contributed by atoms with Gasteiger partial charge < -0.3 is 9.80 Å². The predicted molar refractivity (Wildman–Crippen MR) is 389 cm³/mol. The molecule has 91 heavy (non-hydrogen) atoms. The second-order valence-corrected chi connectivity index (χ2v) is 26.5. The third-order valence-electron chi connectivity index (χ3n) is 20.3. The van der Waals surface area contributed by atoms with Gasteiger partial charge in [-0.3, -0.25) is 0 Å². The average Bonchev–Trinajstić information content (AvgIpc) is 1.57. The highest BCUT2D eigenvalue weighted by molar-refractivity contribution is 5.83. The van der Waals surface area contributed by atoms with Gasteiger partial charge in [0.05, 0.1) is 0 Å². The molecule has 0 saturated carbocycles. The summed E-state index contributed by atoms with van der Waals surface area (Å²) in [4.78, 5) is 4.69. The van der Waals surface area contributed by atoms with Crippen LogP contribution in [-0.2, 0) is 19.3 Å². The molecule has 2 nitrogen and oxygen atoms in total. The molecular formula is C89H86N2. The highest BCUT2D eigenvalue weighted by atomic mass is 15.1. The van der Waals surface area contributed by atoms with E-state index in [1.807, 2.05) is 0 Å². The standard InChI is InChI=1S/C89H86N2/c1-7-64-24-25-75-33-38-79-61-80(39-34-76(79)32-37-78(75)60-64)87(63(3)4)62-88(89(5,6)8-2)77-35-30-69(31-36-77)67-26-28-68(29-27-67)72-44-54-82(55-45-72)90(81-22-16-11-17-23-81)83-56-46-73(47-57-83)74-48-58-86(59-49-74)91(84-50-40-70(41-51-84)65-18-12-9-13-19-65)85-52-42-71(43-53-85)66-20-14-10-15-21-66/h9-31,34-36,39-61,63,76,79,87-88H,7-8,32-33,37-38,62H2,1-6H3/t76?,79?,87-,88?/m0/s1. The van der Waals surface area contributed by atoms with E-state index in [4.69, 9.17) is 0 Å². The van der Waals surface area contributed by atoms with Crippen molar-refractivity contribution in [3.8, 4) is 55.6 Å². The van der Waals surface area contributed by atoms with Gasteiger partial charge in [0.25, 0.3) is 0 Å². The number of para-hydroxylation sites is 1. The highest BCUT2D eigenvalue weighted by Crippen LogP contribution is 2.48. The molecule has 0 fully saturated rings. The summed E-state index contributed by atoms with van der Waals surface area (Å²) in [5.74, 6) is 2.76. The van der Waals surface area contributed by atoms with Crippen molar-refractivity contribution in [3.05, 3.63) is 325 Å². The van der Waals surface area contributed by atoms with Gasteiger partial charge in [0, 0.05) is 34.1 Å². The number of aryl methyl sites for hydroxylation is 3. The Morgan fingerprint density at radius 2 is 0.736 bits per heavy atom. The number of fused-ring (bicyclic) bond motifs is 2. The Hall–Kier alpha value is -9.50. The summed E-state index contributed by atoms with van der Waals surface area (Å²) in [6, 6.07) is 103. The van der Waals surface area contributed by atoms with Crippen molar-refractivity contribution < 1.29 is 0 Å². The third kappa shape index (κ3) is 13.5. The largest absolute Gasteiger partial charge is 0.311 e. The van der Waals surface area contributed by atoms with Gasteiger partial charge in [0.15, 0.2) is 0 Å². The lowest BCUT2D eigenvalue weighted by molar-refractivity contribution is 0.225. The quantitative estimate of drug-likeness (QED) is 0.0796. The zero-order valence-electron chi connectivity index (χ0n) is 54.0. The minimum Gasteiger partial charge on any atom is -0.311 e. The van der Waals surface area contributed by atoms with E-state index in [-0.39, 0.29) is 5.41 Å². The van der Waals surface area contributed by atoms with E-state index in [2.05, 4.69) is 349 Å². The van der Waals surface area contributed by atoms with Crippen molar-refractivity contribution in [2.45, 2.75) is 92.4 Å². The van der Waals surface area contributed by atoms with Crippen LogP contribution in [0.5, 0.6) is 0 Å². The molecule has 4 atom stereocenters. The van der Waals surface area contributed by atoms with Crippen molar-refractivity contribution >= 4 is 34.1 Å². The second kappa shape index (κ2) is 27.3. The maximum atomic E-state index is 2.73. The molecule has 2 heteroatoms. The minimum absolute atomic E-state index is 0.160. The Balaban J connectivity index is 0.697. The van der Waals surface area contributed by atoms with Crippen molar-refractivity contribution in [2.24, 2.45) is 29.1 Å². The van der Waals surface area contributed by atoms with Crippen LogP contribution in [0, 0.1) is 29.1 Å². The van der Waals surface area contributed by atoms with Crippen LogP contribution in [0.15, 0.2) is 303 Å². The molecule has 11 aromatic rings. The Labute approximate surface area is 543 Å². The van der Waals surface area contributed by atoms with Gasteiger partial charge in [-0.15, -0.1) is 0 Å². The summed E-state index contributed by atoms with van der Waals surface area (Å²) in [5, 5.41) is 0. The molecule has 2 aliphatic rings. The summed E-state index contributed by atoms with van der Waals surface area (Å²) in [5.41, 5.74) is 26.5. The summed E-state index contributed by atoms with van der Waals surface area (Å²) in [7, 11) is 0. The van der Waals surface area contributed by atoms with Crippen LogP contribution in [0.4, 0.5) is 34.1 Å². The first-order chi connectivity index (χ1) is 44.5. The van der Waals surface area contributed by atoms with Crippen LogP contribution in [0.25, 0.3) is 55.6 Å². The molecule has 452 valence electrons. The molecule has 13 rings (SSSR count). The normalized spacial score (nSPS) is 15.4. The van der Waals surface area contributed by atoms with Crippen LogP contribution in [0.1, 0.15) is 95.4 Å². The first kappa shape index (κ1) is 60.4. The van der Waals surface area contributed by atoms with Crippen molar-refractivity contribution in [2.75, 3.05) is 9.80 Å². The number of rotatable bonds is 19. The van der Waals surface area contributed by atoms with E-state index in [9.17, 15) is 0 Å². The average molecular weight is 1180 g/mol. The molecule has 0 radical (unpaired) electrons. The molecule has 2 aliphatic carbocycles.